The van der Waals surface area contributed by atoms with Gasteiger partial charge >= 0.3 is 11.9 Å². The standard InChI is InChI=1S/C22H29NO7S/c1-11(2)7-14(17-8-12-5-4-6-15(24)19(12)21(27)30-17)23-18(26)9-16(25)13-10-29-22(28)20(13)31-3/h4-6,11,13-14,16-17,20,24-25H,7-10H2,1-3H3,(H,23,26)/t13-,14+,16-,17+,20-/m1/s1. The highest BCUT2D eigenvalue weighted by molar-refractivity contribution is 7.99. The second-order valence-corrected chi connectivity index (χ2v) is 9.46. The van der Waals surface area contributed by atoms with Crippen LogP contribution < -0.4 is 5.32 Å². The summed E-state index contributed by atoms with van der Waals surface area (Å²) in [7, 11) is 0. The van der Waals surface area contributed by atoms with Gasteiger partial charge < -0.3 is 25.0 Å². The van der Waals surface area contributed by atoms with Crippen molar-refractivity contribution in [2.45, 2.75) is 56.6 Å². The molecule has 1 amide bonds. The predicted molar refractivity (Wildman–Crippen MR) is 115 cm³/mol. The number of hydrogen-bond acceptors (Lipinski definition) is 8. The minimum atomic E-state index is -1.02. The number of hydrogen-bond donors (Lipinski definition) is 3. The van der Waals surface area contributed by atoms with Crippen LogP contribution in [0, 0.1) is 11.8 Å². The molecule has 0 spiro atoms. The van der Waals surface area contributed by atoms with Crippen molar-refractivity contribution in [2.24, 2.45) is 11.8 Å². The number of nitrogens with one attached hydrogen (secondary N) is 1. The van der Waals surface area contributed by atoms with Gasteiger partial charge in [0, 0.05) is 12.3 Å². The Morgan fingerprint density at radius 2 is 2.06 bits per heavy atom. The first-order valence-corrected chi connectivity index (χ1v) is 11.7. The Morgan fingerprint density at radius 3 is 2.74 bits per heavy atom. The zero-order valence-corrected chi connectivity index (χ0v) is 18.7. The molecule has 9 heteroatoms. The summed E-state index contributed by atoms with van der Waals surface area (Å²) in [6, 6.07) is 4.43. The summed E-state index contributed by atoms with van der Waals surface area (Å²) in [6.07, 6.45) is 0.936. The van der Waals surface area contributed by atoms with E-state index in [1.165, 1.54) is 17.8 Å². The van der Waals surface area contributed by atoms with Crippen LogP contribution in [0.2, 0.25) is 0 Å². The number of aliphatic hydroxyl groups excluding tert-OH is 1. The summed E-state index contributed by atoms with van der Waals surface area (Å²) >= 11 is 1.30. The molecule has 0 saturated carbocycles. The fourth-order valence-electron chi connectivity index (χ4n) is 4.20. The van der Waals surface area contributed by atoms with Gasteiger partial charge in [0.05, 0.1) is 25.2 Å². The van der Waals surface area contributed by atoms with Gasteiger partial charge in [0.25, 0.3) is 0 Å². The van der Waals surface area contributed by atoms with Crippen LogP contribution in [-0.4, -0.2) is 64.4 Å². The average molecular weight is 452 g/mol. The number of carbonyl (C=O) groups excluding carboxylic acids is 3. The highest BCUT2D eigenvalue weighted by atomic mass is 32.2. The van der Waals surface area contributed by atoms with Gasteiger partial charge in [-0.2, -0.15) is 0 Å². The molecule has 1 aromatic carbocycles. The van der Waals surface area contributed by atoms with Crippen LogP contribution in [0.25, 0.3) is 0 Å². The van der Waals surface area contributed by atoms with Gasteiger partial charge in [0.2, 0.25) is 5.91 Å². The summed E-state index contributed by atoms with van der Waals surface area (Å²) in [6.45, 7) is 4.10. The number of phenols is 1. The molecular weight excluding hydrogens is 422 g/mol. The Labute approximate surface area is 185 Å². The molecule has 0 radical (unpaired) electrons. The van der Waals surface area contributed by atoms with E-state index in [4.69, 9.17) is 9.47 Å². The molecule has 1 aromatic rings. The topological polar surface area (TPSA) is 122 Å². The van der Waals surface area contributed by atoms with E-state index in [1.54, 1.807) is 18.4 Å². The summed E-state index contributed by atoms with van der Waals surface area (Å²) in [5.74, 6) is -1.71. The molecule has 2 aliphatic rings. The number of phenolic OH excluding ortho intramolecular Hbond substituents is 1. The Kier molecular flexibility index (Phi) is 7.48. The predicted octanol–water partition coefficient (Wildman–Crippen LogP) is 1.66. The van der Waals surface area contributed by atoms with Crippen LogP contribution in [0.4, 0.5) is 0 Å². The van der Waals surface area contributed by atoms with Gasteiger partial charge in [-0.1, -0.05) is 26.0 Å². The summed E-state index contributed by atoms with van der Waals surface area (Å²) in [5, 5.41) is 22.9. The van der Waals surface area contributed by atoms with Crippen LogP contribution in [0.3, 0.4) is 0 Å². The maximum atomic E-state index is 12.7. The Morgan fingerprint density at radius 1 is 1.32 bits per heavy atom. The molecule has 0 unspecified atom stereocenters. The maximum Gasteiger partial charge on any atom is 0.342 e. The molecule has 0 aliphatic carbocycles. The molecule has 8 nitrogen and oxygen atoms in total. The number of amides is 1. The first kappa shape index (κ1) is 23.4. The molecule has 1 fully saturated rings. The number of esters is 2. The molecule has 0 bridgehead atoms. The van der Waals surface area contributed by atoms with Crippen molar-refractivity contribution in [3.05, 3.63) is 29.3 Å². The Balaban J connectivity index is 1.68. The lowest BCUT2D eigenvalue weighted by atomic mass is 9.90. The van der Waals surface area contributed by atoms with Crippen LogP contribution in [-0.2, 0) is 25.5 Å². The van der Waals surface area contributed by atoms with Crippen LogP contribution >= 0.6 is 11.8 Å². The zero-order chi connectivity index (χ0) is 22.7. The number of ether oxygens (including phenoxy) is 2. The summed E-state index contributed by atoms with van der Waals surface area (Å²) in [5.41, 5.74) is 0.839. The van der Waals surface area contributed by atoms with Crippen molar-refractivity contribution >= 4 is 29.6 Å². The summed E-state index contributed by atoms with van der Waals surface area (Å²) in [4.78, 5) is 36.9. The fourth-order valence-corrected chi connectivity index (χ4v) is 5.07. The largest absolute Gasteiger partial charge is 0.507 e. The van der Waals surface area contributed by atoms with Gasteiger partial charge in [0.15, 0.2) is 0 Å². The van der Waals surface area contributed by atoms with E-state index >= 15 is 0 Å². The smallest absolute Gasteiger partial charge is 0.342 e. The van der Waals surface area contributed by atoms with Crippen molar-refractivity contribution in [1.29, 1.82) is 0 Å². The van der Waals surface area contributed by atoms with E-state index in [2.05, 4.69) is 5.32 Å². The lowest BCUT2D eigenvalue weighted by molar-refractivity contribution is -0.137. The van der Waals surface area contributed by atoms with Crippen molar-refractivity contribution < 1.29 is 34.1 Å². The van der Waals surface area contributed by atoms with Gasteiger partial charge in [-0.15, -0.1) is 11.8 Å². The van der Waals surface area contributed by atoms with Crippen LogP contribution in [0.1, 0.15) is 42.6 Å². The number of benzene rings is 1. The van der Waals surface area contributed by atoms with E-state index in [1.807, 2.05) is 13.8 Å². The highest BCUT2D eigenvalue weighted by Crippen LogP contribution is 2.31. The van der Waals surface area contributed by atoms with Crippen LogP contribution in [0.5, 0.6) is 5.75 Å². The number of carbonyl (C=O) groups is 3. The van der Waals surface area contributed by atoms with Crippen molar-refractivity contribution in [2.75, 3.05) is 12.9 Å². The second-order valence-electron chi connectivity index (χ2n) is 8.48. The third kappa shape index (κ3) is 5.33. The minimum Gasteiger partial charge on any atom is -0.507 e. The number of rotatable bonds is 8. The first-order chi connectivity index (χ1) is 14.7. The maximum absolute atomic E-state index is 12.7. The van der Waals surface area contributed by atoms with Crippen molar-refractivity contribution in [3.8, 4) is 5.75 Å². The van der Waals surface area contributed by atoms with Gasteiger partial charge in [-0.25, -0.2) is 4.79 Å². The second kappa shape index (κ2) is 9.91. The van der Waals surface area contributed by atoms with E-state index in [0.29, 0.717) is 18.4 Å². The number of thioether (sulfide) groups is 1. The minimum absolute atomic E-state index is 0.0920. The lowest BCUT2D eigenvalue weighted by Crippen LogP contribution is -2.49. The average Bonchev–Trinajstić information content (AvgIpc) is 3.07. The molecule has 3 rings (SSSR count). The van der Waals surface area contributed by atoms with Crippen molar-refractivity contribution in [3.63, 3.8) is 0 Å². The fraction of sp³-hybridized carbons (Fsp3) is 0.591. The number of fused-ring (bicyclic) bond motifs is 1. The van der Waals surface area contributed by atoms with Gasteiger partial charge in [0.1, 0.15) is 22.7 Å². The number of cyclic esters (lactones) is 2. The summed E-state index contributed by atoms with van der Waals surface area (Å²) < 4.78 is 10.6. The highest BCUT2D eigenvalue weighted by Gasteiger charge is 2.42. The monoisotopic (exact) mass is 451 g/mol. The number of aromatic hydroxyl groups is 1. The van der Waals surface area contributed by atoms with Crippen molar-refractivity contribution in [1.82, 2.24) is 5.32 Å². The van der Waals surface area contributed by atoms with E-state index in [9.17, 15) is 24.6 Å². The third-order valence-electron chi connectivity index (χ3n) is 5.71. The molecule has 170 valence electrons. The van der Waals surface area contributed by atoms with Gasteiger partial charge in [-0.3, -0.25) is 9.59 Å². The van der Waals surface area contributed by atoms with Gasteiger partial charge in [-0.05, 0) is 30.2 Å². The number of aliphatic hydroxyl groups is 1. The van der Waals surface area contributed by atoms with E-state index in [-0.39, 0.29) is 42.1 Å². The lowest BCUT2D eigenvalue weighted by Gasteiger charge is -2.33. The van der Waals surface area contributed by atoms with E-state index in [0.717, 1.165) is 0 Å². The molecule has 0 aromatic heterocycles. The Bertz CT molecular complexity index is 843. The van der Waals surface area contributed by atoms with E-state index < -0.39 is 35.4 Å². The third-order valence-corrected chi connectivity index (χ3v) is 6.76. The molecule has 2 heterocycles. The molecule has 31 heavy (non-hydrogen) atoms. The normalized spacial score (nSPS) is 24.9. The molecule has 3 N–H and O–H groups in total. The van der Waals surface area contributed by atoms with Crippen LogP contribution in [0.15, 0.2) is 18.2 Å². The Hall–Kier alpha value is -2.26. The molecule has 2 aliphatic heterocycles. The SMILES string of the molecule is CS[C@H]1C(=O)OC[C@@H]1[C@H](O)CC(=O)N[C@@H](CC(C)C)[C@@H]1Cc2cccc(O)c2C(=O)O1. The first-order valence-electron chi connectivity index (χ1n) is 10.4. The molecule has 1 saturated heterocycles. The molecular formula is C22H29NO7S. The molecule has 5 atom stereocenters. The zero-order valence-electron chi connectivity index (χ0n) is 17.9. The quantitative estimate of drug-likeness (QED) is 0.510.